The molecule has 3 heterocycles. The molecule has 0 aliphatic carbocycles. The molecule has 2 bridgehead atoms. The van der Waals surface area contributed by atoms with Crippen LogP contribution >= 0.6 is 11.8 Å². The van der Waals surface area contributed by atoms with Crippen molar-refractivity contribution in [3.8, 4) is 0 Å². The number of likely N-dealkylation sites (tertiary alicyclic amines) is 1. The van der Waals surface area contributed by atoms with Crippen LogP contribution in [0.2, 0.25) is 0 Å². The summed E-state index contributed by atoms with van der Waals surface area (Å²) in [6, 6.07) is -0.546. The van der Waals surface area contributed by atoms with Crippen molar-refractivity contribution in [1.82, 2.24) is 14.7 Å². The van der Waals surface area contributed by atoms with Crippen LogP contribution in [-0.2, 0) is 14.4 Å². The van der Waals surface area contributed by atoms with Gasteiger partial charge in [0.15, 0.2) is 0 Å². The quantitative estimate of drug-likeness (QED) is 0.281. The Morgan fingerprint density at radius 2 is 1.89 bits per heavy atom. The van der Waals surface area contributed by atoms with Crippen LogP contribution in [0, 0.1) is 11.8 Å². The van der Waals surface area contributed by atoms with Crippen LogP contribution < -0.4 is 0 Å². The third-order valence-electron chi connectivity index (χ3n) is 8.46. The van der Waals surface area contributed by atoms with Crippen molar-refractivity contribution in [3.05, 3.63) is 25.3 Å². The zero-order chi connectivity index (χ0) is 26.7. The Hall–Kier alpha value is -1.80. The molecule has 36 heavy (non-hydrogen) atoms. The number of carbonyl (C=O) groups excluding carboxylic acids is 3. The van der Waals surface area contributed by atoms with Gasteiger partial charge in [-0.05, 0) is 52.4 Å². The minimum atomic E-state index is -0.597. The maximum Gasteiger partial charge on any atom is 0.247 e. The van der Waals surface area contributed by atoms with Gasteiger partial charge in [-0.25, -0.2) is 0 Å². The molecule has 3 aliphatic heterocycles. The minimum Gasteiger partial charge on any atom is -0.396 e. The fourth-order valence-corrected chi connectivity index (χ4v) is 9.11. The van der Waals surface area contributed by atoms with Gasteiger partial charge < -0.3 is 19.8 Å². The fourth-order valence-electron chi connectivity index (χ4n) is 6.77. The number of hydrogen-bond acceptors (Lipinski definition) is 5. The topological polar surface area (TPSA) is 81.2 Å². The molecule has 3 saturated heterocycles. The monoisotopic (exact) mass is 519 g/mol. The van der Waals surface area contributed by atoms with Gasteiger partial charge in [-0.3, -0.25) is 14.4 Å². The van der Waals surface area contributed by atoms with Gasteiger partial charge in [-0.2, -0.15) is 0 Å². The minimum absolute atomic E-state index is 0.0156. The summed E-state index contributed by atoms with van der Waals surface area (Å²) in [4.78, 5) is 47.5. The normalized spacial score (nSPS) is 31.3. The Labute approximate surface area is 221 Å². The van der Waals surface area contributed by atoms with Gasteiger partial charge in [0.05, 0.1) is 16.6 Å². The summed E-state index contributed by atoms with van der Waals surface area (Å²) >= 11 is 1.72. The lowest BCUT2D eigenvalue weighted by Gasteiger charge is -2.39. The molecule has 0 aromatic heterocycles. The second-order valence-electron chi connectivity index (χ2n) is 11.0. The van der Waals surface area contributed by atoms with Crippen LogP contribution in [0.15, 0.2) is 25.3 Å². The van der Waals surface area contributed by atoms with Gasteiger partial charge in [-0.1, -0.05) is 25.5 Å². The molecule has 8 heteroatoms. The number of aliphatic hydroxyl groups is 1. The fraction of sp³-hybridized carbons (Fsp3) is 0.750. The van der Waals surface area contributed by atoms with Crippen molar-refractivity contribution in [2.75, 3.05) is 33.3 Å². The number of thioether (sulfide) groups is 1. The molecular formula is C28H45N3O4S. The van der Waals surface area contributed by atoms with E-state index in [9.17, 15) is 19.5 Å². The molecule has 0 aromatic carbocycles. The number of carbonyl (C=O) groups is 3. The van der Waals surface area contributed by atoms with Gasteiger partial charge in [0.1, 0.15) is 6.04 Å². The Balaban J connectivity index is 2.04. The van der Waals surface area contributed by atoms with E-state index in [-0.39, 0.29) is 35.1 Å². The number of nitrogens with zero attached hydrogens (tertiary/aromatic N) is 3. The predicted octanol–water partition coefficient (Wildman–Crippen LogP) is 3.48. The lowest BCUT2D eigenvalue weighted by atomic mass is 9.66. The number of fused-ring (bicyclic) bond motifs is 1. The first-order valence-electron chi connectivity index (χ1n) is 13.5. The van der Waals surface area contributed by atoms with Crippen LogP contribution in [-0.4, -0.2) is 92.4 Å². The van der Waals surface area contributed by atoms with Gasteiger partial charge in [-0.15, -0.1) is 24.9 Å². The zero-order valence-corrected chi connectivity index (χ0v) is 23.4. The molecule has 3 fully saturated rings. The van der Waals surface area contributed by atoms with Crippen molar-refractivity contribution < 1.29 is 19.5 Å². The highest BCUT2D eigenvalue weighted by Crippen LogP contribution is 2.71. The number of likely N-dealkylation sites (N-methyl/N-ethyl adjacent to an activating group) is 1. The number of hydrogen-bond donors (Lipinski definition) is 1. The Bertz CT molecular complexity index is 866. The molecular weight excluding hydrogens is 474 g/mol. The van der Waals surface area contributed by atoms with Crippen molar-refractivity contribution in [2.24, 2.45) is 11.8 Å². The predicted molar refractivity (Wildman–Crippen MR) is 145 cm³/mol. The molecule has 7 nitrogen and oxygen atoms in total. The third-order valence-corrected chi connectivity index (χ3v) is 10.4. The summed E-state index contributed by atoms with van der Waals surface area (Å²) in [7, 11) is 1.77. The average Bonchev–Trinajstić information content (AvgIpc) is 3.40. The third kappa shape index (κ3) is 4.87. The lowest BCUT2D eigenvalue weighted by molar-refractivity contribution is -0.145. The number of amides is 3. The zero-order valence-electron chi connectivity index (χ0n) is 22.6. The van der Waals surface area contributed by atoms with Crippen LogP contribution in [0.5, 0.6) is 0 Å². The largest absolute Gasteiger partial charge is 0.396 e. The van der Waals surface area contributed by atoms with E-state index in [0.29, 0.717) is 26.1 Å². The smallest absolute Gasteiger partial charge is 0.247 e. The first-order chi connectivity index (χ1) is 17.1. The molecule has 202 valence electrons. The first kappa shape index (κ1) is 28.8. The summed E-state index contributed by atoms with van der Waals surface area (Å²) in [6.07, 6.45) is 9.06. The van der Waals surface area contributed by atoms with E-state index in [1.54, 1.807) is 40.8 Å². The summed E-state index contributed by atoms with van der Waals surface area (Å²) in [5.74, 6) is -1.05. The highest BCUT2D eigenvalue weighted by atomic mass is 32.2. The molecule has 0 aromatic rings. The van der Waals surface area contributed by atoms with Crippen molar-refractivity contribution >= 4 is 29.5 Å². The van der Waals surface area contributed by atoms with Crippen LogP contribution in [0.3, 0.4) is 0 Å². The highest BCUT2D eigenvalue weighted by molar-refractivity contribution is 8.02. The van der Waals surface area contributed by atoms with E-state index >= 15 is 0 Å². The molecule has 0 radical (unpaired) electrons. The second kappa shape index (κ2) is 11.7. The summed E-state index contributed by atoms with van der Waals surface area (Å²) < 4.78 is -0.965. The van der Waals surface area contributed by atoms with Gasteiger partial charge in [0, 0.05) is 44.1 Å². The lowest BCUT2D eigenvalue weighted by Crippen LogP contribution is -2.56. The number of aliphatic hydroxyl groups excluding tert-OH is 1. The van der Waals surface area contributed by atoms with Crippen LogP contribution in [0.1, 0.15) is 65.7 Å². The molecule has 3 amide bonds. The van der Waals surface area contributed by atoms with Gasteiger partial charge in [0.2, 0.25) is 17.7 Å². The summed E-state index contributed by atoms with van der Waals surface area (Å²) in [6.45, 7) is 15.4. The van der Waals surface area contributed by atoms with Gasteiger partial charge >= 0.3 is 0 Å². The van der Waals surface area contributed by atoms with Gasteiger partial charge in [0.25, 0.3) is 0 Å². The van der Waals surface area contributed by atoms with Crippen molar-refractivity contribution in [1.29, 1.82) is 0 Å². The highest BCUT2D eigenvalue weighted by Gasteiger charge is 2.77. The number of unbranched alkanes of at least 4 members (excludes halogenated alkanes) is 2. The van der Waals surface area contributed by atoms with E-state index < -0.39 is 22.6 Å². The van der Waals surface area contributed by atoms with E-state index in [1.807, 2.05) is 4.90 Å². The summed E-state index contributed by atoms with van der Waals surface area (Å²) in [5.41, 5.74) is 0. The average molecular weight is 520 g/mol. The van der Waals surface area contributed by atoms with Crippen molar-refractivity contribution in [3.63, 3.8) is 0 Å². The molecule has 0 saturated carbocycles. The van der Waals surface area contributed by atoms with Crippen LogP contribution in [0.25, 0.3) is 0 Å². The van der Waals surface area contributed by atoms with Crippen LogP contribution in [0.4, 0.5) is 0 Å². The van der Waals surface area contributed by atoms with Crippen molar-refractivity contribution in [2.45, 2.75) is 87.3 Å². The molecule has 6 atom stereocenters. The maximum atomic E-state index is 14.4. The maximum absolute atomic E-state index is 14.4. The number of rotatable bonds is 14. The Kier molecular flexibility index (Phi) is 9.36. The van der Waals surface area contributed by atoms with E-state index in [4.69, 9.17) is 0 Å². The molecule has 3 unspecified atom stereocenters. The Morgan fingerprint density at radius 3 is 2.50 bits per heavy atom. The molecule has 3 aliphatic rings. The molecule has 3 rings (SSSR count). The second-order valence-corrected chi connectivity index (χ2v) is 12.9. The van der Waals surface area contributed by atoms with E-state index in [2.05, 4.69) is 33.9 Å². The summed E-state index contributed by atoms with van der Waals surface area (Å²) in [5, 5.41) is 9.23. The Morgan fingerprint density at radius 1 is 1.19 bits per heavy atom. The standard InChI is InChI=1S/C28H45N3O4S/c1-7-13-20(4)30(17-9-3)26(35)23-28-15-14-27(5,36-28)21(24(33)29(6)16-8-2)22(28)25(34)31(23)18-11-10-12-19-32/h8-9,20-23,32H,2-3,7,10-19H2,1,4-6H3/t20?,21-,22+,23?,27+,28?/m1/s1. The van der Waals surface area contributed by atoms with E-state index in [0.717, 1.165) is 38.5 Å². The molecule has 1 N–H and O–H groups in total. The van der Waals surface area contributed by atoms with E-state index in [1.165, 1.54) is 0 Å². The first-order valence-corrected chi connectivity index (χ1v) is 14.3. The SMILES string of the molecule is C=CCN(C)C(=O)[C@H]1[C@H]2C(=O)N(CCCCCO)C(C(=O)N(CC=C)C(C)CCC)C23CC[C@]1(C)S3. The molecule has 1 spiro atoms.